The maximum Gasteiger partial charge on any atom is 0.293 e. The summed E-state index contributed by atoms with van der Waals surface area (Å²) in [6, 6.07) is 23.9. The first-order valence-electron chi connectivity index (χ1n) is 12.5. The molecule has 2 N–H and O–H groups in total. The topological polar surface area (TPSA) is 118 Å². The van der Waals surface area contributed by atoms with Crippen molar-refractivity contribution in [3.63, 3.8) is 0 Å². The largest absolute Gasteiger partial charge is 0.366 e. The molecule has 1 saturated heterocycles. The van der Waals surface area contributed by atoms with Crippen LogP contribution in [-0.2, 0) is 0 Å². The van der Waals surface area contributed by atoms with Crippen LogP contribution in [0.15, 0.2) is 78.9 Å². The highest BCUT2D eigenvalue weighted by molar-refractivity contribution is 7.80. The number of nitrogens with one attached hydrogen (secondary N) is 2. The van der Waals surface area contributed by atoms with Crippen molar-refractivity contribution in [1.29, 1.82) is 0 Å². The minimum absolute atomic E-state index is 0.0621. The molecule has 11 heteroatoms. The third kappa shape index (κ3) is 4.87. The molecule has 0 saturated carbocycles. The molecule has 1 aromatic heterocycles. The van der Waals surface area contributed by atoms with Crippen molar-refractivity contribution in [3.8, 4) is 5.69 Å². The lowest BCUT2D eigenvalue weighted by Gasteiger charge is -2.18. The summed E-state index contributed by atoms with van der Waals surface area (Å²) in [7, 11) is 0. The van der Waals surface area contributed by atoms with Crippen molar-refractivity contribution in [3.05, 3.63) is 94.5 Å². The number of nitro benzene ring substituents is 1. The Labute approximate surface area is 228 Å². The molecule has 0 atom stereocenters. The van der Waals surface area contributed by atoms with Crippen LogP contribution in [0.1, 0.15) is 23.2 Å². The monoisotopic (exact) mass is 537 g/mol. The van der Waals surface area contributed by atoms with Gasteiger partial charge in [0.1, 0.15) is 16.7 Å². The number of hydrogen-bond acceptors (Lipinski definition) is 7. The van der Waals surface area contributed by atoms with E-state index in [1.807, 2.05) is 53.4 Å². The van der Waals surface area contributed by atoms with E-state index in [0.717, 1.165) is 42.4 Å². The number of amides is 1. The van der Waals surface area contributed by atoms with Crippen LogP contribution in [0.5, 0.6) is 0 Å². The number of aromatic nitrogens is 3. The van der Waals surface area contributed by atoms with Gasteiger partial charge in [0.2, 0.25) is 0 Å². The number of carbonyl (C=O) groups is 1. The minimum Gasteiger partial charge on any atom is -0.366 e. The molecular weight excluding hydrogens is 514 g/mol. The van der Waals surface area contributed by atoms with Gasteiger partial charge in [-0.2, -0.15) is 0 Å². The highest BCUT2D eigenvalue weighted by atomic mass is 32.1. The number of carbonyl (C=O) groups excluding carboxylic acids is 1. The van der Waals surface area contributed by atoms with E-state index in [9.17, 15) is 14.9 Å². The van der Waals surface area contributed by atoms with Crippen molar-refractivity contribution in [1.82, 2.24) is 20.3 Å². The molecule has 0 bridgehead atoms. The summed E-state index contributed by atoms with van der Waals surface area (Å²) in [5, 5.41) is 28.7. The van der Waals surface area contributed by atoms with Crippen LogP contribution in [0.4, 0.5) is 17.1 Å². The molecule has 10 nitrogen and oxygen atoms in total. The number of thiocarbonyl (C=S) groups is 1. The Bertz CT molecular complexity index is 1760. The number of benzene rings is 4. The highest BCUT2D eigenvalue weighted by Gasteiger charge is 2.24. The van der Waals surface area contributed by atoms with E-state index in [1.165, 1.54) is 6.07 Å². The molecule has 39 heavy (non-hydrogen) atoms. The number of fused-ring (bicyclic) bond motifs is 2. The third-order valence-corrected chi connectivity index (χ3v) is 6.93. The normalized spacial score (nSPS) is 13.1. The fourth-order valence-electron chi connectivity index (χ4n) is 4.86. The SMILES string of the molecule is O=C(NC(=S)Nc1ccc2nn(-c3cccc4ccccc34)nc2c1)c1ccc(N2CCCC2)c([N+](=O)[O-])c1. The Kier molecular flexibility index (Phi) is 6.33. The van der Waals surface area contributed by atoms with Gasteiger partial charge in [-0.1, -0.05) is 36.4 Å². The summed E-state index contributed by atoms with van der Waals surface area (Å²) >= 11 is 5.34. The smallest absolute Gasteiger partial charge is 0.293 e. The average Bonchev–Trinajstić information content (AvgIpc) is 3.62. The second-order valence-corrected chi connectivity index (χ2v) is 9.66. The quantitative estimate of drug-likeness (QED) is 0.178. The van der Waals surface area contributed by atoms with E-state index < -0.39 is 10.8 Å². The predicted molar refractivity (Wildman–Crippen MR) is 155 cm³/mol. The van der Waals surface area contributed by atoms with Gasteiger partial charge in [0.15, 0.2) is 5.11 Å². The van der Waals surface area contributed by atoms with E-state index in [2.05, 4.69) is 20.8 Å². The molecule has 0 radical (unpaired) electrons. The second-order valence-electron chi connectivity index (χ2n) is 9.25. The van der Waals surface area contributed by atoms with Crippen molar-refractivity contribution in [2.24, 2.45) is 0 Å². The number of hydrogen-bond donors (Lipinski definition) is 2. The molecule has 5 aromatic rings. The molecule has 2 heterocycles. The van der Waals surface area contributed by atoms with Crippen LogP contribution in [-0.4, -0.2) is 44.0 Å². The summed E-state index contributed by atoms with van der Waals surface area (Å²) in [4.78, 5) is 27.6. The Hall–Kier alpha value is -4.90. The van der Waals surface area contributed by atoms with Crippen molar-refractivity contribution < 1.29 is 9.72 Å². The zero-order valence-corrected chi connectivity index (χ0v) is 21.5. The molecule has 0 unspecified atom stereocenters. The zero-order chi connectivity index (χ0) is 26.9. The summed E-state index contributed by atoms with van der Waals surface area (Å²) in [5.41, 5.74) is 3.42. The van der Waals surface area contributed by atoms with Crippen molar-refractivity contribution >= 4 is 62.1 Å². The van der Waals surface area contributed by atoms with E-state index in [1.54, 1.807) is 29.1 Å². The van der Waals surface area contributed by atoms with E-state index in [4.69, 9.17) is 12.2 Å². The Morgan fingerprint density at radius 2 is 1.67 bits per heavy atom. The first-order valence-corrected chi connectivity index (χ1v) is 12.9. The van der Waals surface area contributed by atoms with Crippen molar-refractivity contribution in [2.45, 2.75) is 12.8 Å². The van der Waals surface area contributed by atoms with Crippen LogP contribution in [0.2, 0.25) is 0 Å². The molecular formula is C28H23N7O3S. The molecule has 1 amide bonds. The highest BCUT2D eigenvalue weighted by Crippen LogP contribution is 2.31. The van der Waals surface area contributed by atoms with Gasteiger partial charge in [0, 0.05) is 35.8 Å². The van der Waals surface area contributed by atoms with Crippen molar-refractivity contribution in [2.75, 3.05) is 23.3 Å². The van der Waals surface area contributed by atoms with Crippen LogP contribution in [0.3, 0.4) is 0 Å². The molecule has 1 fully saturated rings. The Balaban J connectivity index is 1.18. The fourth-order valence-corrected chi connectivity index (χ4v) is 5.07. The van der Waals surface area contributed by atoms with E-state index in [-0.39, 0.29) is 16.4 Å². The molecule has 0 aliphatic carbocycles. The van der Waals surface area contributed by atoms with E-state index in [0.29, 0.717) is 22.4 Å². The van der Waals surface area contributed by atoms with Gasteiger partial charge < -0.3 is 10.2 Å². The van der Waals surface area contributed by atoms with Gasteiger partial charge in [-0.3, -0.25) is 20.2 Å². The molecule has 4 aromatic carbocycles. The van der Waals surface area contributed by atoms with Crippen LogP contribution in [0.25, 0.3) is 27.5 Å². The maximum atomic E-state index is 12.8. The van der Waals surface area contributed by atoms with Gasteiger partial charge in [-0.05, 0) is 66.8 Å². The molecule has 1 aliphatic rings. The summed E-state index contributed by atoms with van der Waals surface area (Å²) in [6.45, 7) is 1.53. The molecule has 194 valence electrons. The molecule has 1 aliphatic heterocycles. The van der Waals surface area contributed by atoms with Gasteiger partial charge in [0.25, 0.3) is 11.6 Å². The van der Waals surface area contributed by atoms with Crippen LogP contribution in [0, 0.1) is 10.1 Å². The van der Waals surface area contributed by atoms with Gasteiger partial charge in [-0.15, -0.1) is 15.0 Å². The maximum absolute atomic E-state index is 12.8. The first-order chi connectivity index (χ1) is 19.0. The van der Waals surface area contributed by atoms with Gasteiger partial charge in [0.05, 0.1) is 10.6 Å². The summed E-state index contributed by atoms with van der Waals surface area (Å²) in [5.74, 6) is -0.536. The van der Waals surface area contributed by atoms with E-state index >= 15 is 0 Å². The average molecular weight is 538 g/mol. The summed E-state index contributed by atoms with van der Waals surface area (Å²) in [6.07, 6.45) is 1.98. The number of rotatable bonds is 5. The fraction of sp³-hybridized carbons (Fsp3) is 0.143. The van der Waals surface area contributed by atoms with Crippen LogP contribution >= 0.6 is 12.2 Å². The summed E-state index contributed by atoms with van der Waals surface area (Å²) < 4.78 is 0. The Morgan fingerprint density at radius 3 is 2.49 bits per heavy atom. The lowest BCUT2D eigenvalue weighted by molar-refractivity contribution is -0.384. The molecule has 0 spiro atoms. The molecule has 6 rings (SSSR count). The van der Waals surface area contributed by atoms with Gasteiger partial charge in [-0.25, -0.2) is 0 Å². The standard InChI is InChI=1S/C28H23N7O3S/c36-27(19-10-13-25(26(16-19)35(37)38)33-14-3-4-15-33)30-28(39)29-20-11-12-22-23(17-20)32-34(31-22)24-9-5-7-18-6-1-2-8-21(18)24/h1-2,5-13,16-17H,3-4,14-15H2,(H2,29,30,36,39). The zero-order valence-electron chi connectivity index (χ0n) is 20.7. The lowest BCUT2D eigenvalue weighted by Crippen LogP contribution is -2.34. The predicted octanol–water partition coefficient (Wildman–Crippen LogP) is 5.21. The Morgan fingerprint density at radius 1 is 0.897 bits per heavy atom. The second kappa shape index (κ2) is 10.1. The first kappa shape index (κ1) is 24.4. The number of nitro groups is 1. The lowest BCUT2D eigenvalue weighted by atomic mass is 10.1. The third-order valence-electron chi connectivity index (χ3n) is 6.73. The minimum atomic E-state index is -0.536. The van der Waals surface area contributed by atoms with Crippen LogP contribution < -0.4 is 15.5 Å². The van der Waals surface area contributed by atoms with Gasteiger partial charge >= 0.3 is 0 Å². The number of nitrogens with zero attached hydrogens (tertiary/aromatic N) is 5. The number of anilines is 2.